The summed E-state index contributed by atoms with van der Waals surface area (Å²) in [5, 5.41) is 6.42. The Morgan fingerprint density at radius 2 is 1.79 bits per heavy atom. The molecule has 0 atom stereocenters. The van der Waals surface area contributed by atoms with E-state index in [1.807, 2.05) is 6.92 Å². The first kappa shape index (κ1) is 13.9. The topological polar surface area (TPSA) is 37.0 Å². The van der Waals surface area contributed by atoms with E-state index in [1.165, 1.54) is 6.07 Å². The van der Waals surface area contributed by atoms with Crippen LogP contribution in [0.4, 0.5) is 21.7 Å². The van der Waals surface area contributed by atoms with Gasteiger partial charge in [-0.15, -0.1) is 0 Å². The summed E-state index contributed by atoms with van der Waals surface area (Å²) >= 11 is 12.0. The Morgan fingerprint density at radius 3 is 2.42 bits per heavy atom. The van der Waals surface area contributed by atoms with E-state index in [2.05, 4.69) is 15.6 Å². The summed E-state index contributed by atoms with van der Waals surface area (Å²) in [5.74, 6) is 0.457. The molecular formula is C13H12Cl2FN3. The van der Waals surface area contributed by atoms with Crippen molar-refractivity contribution in [1.29, 1.82) is 0 Å². The summed E-state index contributed by atoms with van der Waals surface area (Å²) in [6.07, 6.45) is 0. The molecule has 0 bridgehead atoms. The number of pyridine rings is 1. The smallest absolute Gasteiger partial charge is 0.151 e. The molecule has 0 aliphatic rings. The fraction of sp³-hybridized carbons (Fsp3) is 0.154. The van der Waals surface area contributed by atoms with E-state index in [0.717, 1.165) is 5.56 Å². The average Bonchev–Trinajstić information content (AvgIpc) is 2.35. The zero-order valence-electron chi connectivity index (χ0n) is 10.4. The number of rotatable bonds is 3. The van der Waals surface area contributed by atoms with Crippen molar-refractivity contribution in [3.63, 3.8) is 0 Å². The fourth-order valence-electron chi connectivity index (χ4n) is 1.58. The molecule has 0 spiro atoms. The second kappa shape index (κ2) is 5.63. The predicted octanol–water partition coefficient (Wildman–Crippen LogP) is 4.62. The minimum Gasteiger partial charge on any atom is -0.372 e. The molecular weight excluding hydrogens is 288 g/mol. The number of nitrogens with zero attached hydrogens (tertiary/aromatic N) is 1. The van der Waals surface area contributed by atoms with Crippen molar-refractivity contribution in [2.24, 2.45) is 0 Å². The van der Waals surface area contributed by atoms with Gasteiger partial charge in [0.25, 0.3) is 0 Å². The van der Waals surface area contributed by atoms with Gasteiger partial charge in [0.15, 0.2) is 5.82 Å². The Morgan fingerprint density at radius 1 is 1.11 bits per heavy atom. The number of halogens is 3. The van der Waals surface area contributed by atoms with Gasteiger partial charge in [-0.25, -0.2) is 9.37 Å². The van der Waals surface area contributed by atoms with Crippen LogP contribution in [-0.2, 0) is 0 Å². The number of hydrogen-bond acceptors (Lipinski definition) is 3. The number of nitrogens with one attached hydrogen (secondary N) is 2. The normalized spacial score (nSPS) is 10.4. The quantitative estimate of drug-likeness (QED) is 0.868. The minimum absolute atomic E-state index is 0.310. The number of aromatic nitrogens is 1. The maximum absolute atomic E-state index is 13.8. The Hall–Kier alpha value is -1.52. The summed E-state index contributed by atoms with van der Waals surface area (Å²) in [7, 11) is 1.69. The molecule has 100 valence electrons. The molecule has 0 saturated heterocycles. The van der Waals surface area contributed by atoms with Crippen LogP contribution in [0.5, 0.6) is 0 Å². The molecule has 0 aliphatic carbocycles. The molecule has 1 aromatic heterocycles. The Labute approximate surface area is 120 Å². The molecule has 2 aromatic rings. The highest BCUT2D eigenvalue weighted by molar-refractivity contribution is 6.37. The third-order valence-electron chi connectivity index (χ3n) is 2.54. The third-order valence-corrected chi connectivity index (χ3v) is 3.12. The second-order valence-corrected chi connectivity index (χ2v) is 4.82. The molecule has 0 amide bonds. The van der Waals surface area contributed by atoms with E-state index in [4.69, 9.17) is 23.2 Å². The molecule has 2 rings (SSSR count). The van der Waals surface area contributed by atoms with Gasteiger partial charge in [0.1, 0.15) is 11.6 Å². The molecule has 0 aliphatic heterocycles. The lowest BCUT2D eigenvalue weighted by atomic mass is 10.2. The first-order valence-corrected chi connectivity index (χ1v) is 6.34. The largest absolute Gasteiger partial charge is 0.372 e. The van der Waals surface area contributed by atoms with E-state index in [0.29, 0.717) is 27.4 Å². The molecule has 0 saturated carbocycles. The number of benzene rings is 1. The van der Waals surface area contributed by atoms with Gasteiger partial charge in [-0.3, -0.25) is 0 Å². The highest BCUT2D eigenvalue weighted by atomic mass is 35.5. The predicted molar refractivity (Wildman–Crippen MR) is 78.2 cm³/mol. The third kappa shape index (κ3) is 3.08. The maximum atomic E-state index is 13.8. The molecule has 1 heterocycles. The lowest BCUT2D eigenvalue weighted by molar-refractivity contribution is 0.630. The molecule has 3 nitrogen and oxygen atoms in total. The van der Waals surface area contributed by atoms with E-state index in [9.17, 15) is 4.39 Å². The second-order valence-electron chi connectivity index (χ2n) is 4.01. The summed E-state index contributed by atoms with van der Waals surface area (Å²) in [6.45, 7) is 1.82. The minimum atomic E-state index is -0.362. The summed E-state index contributed by atoms with van der Waals surface area (Å²) < 4.78 is 13.8. The number of anilines is 3. The number of aryl methyl sites for hydroxylation is 1. The Bertz CT molecular complexity index is 617. The summed E-state index contributed by atoms with van der Waals surface area (Å²) in [5.41, 5.74) is 1.15. The van der Waals surface area contributed by atoms with Gasteiger partial charge < -0.3 is 10.6 Å². The van der Waals surface area contributed by atoms with E-state index < -0.39 is 0 Å². The van der Waals surface area contributed by atoms with Crippen LogP contribution >= 0.6 is 23.2 Å². The van der Waals surface area contributed by atoms with E-state index in [-0.39, 0.29) is 5.82 Å². The van der Waals surface area contributed by atoms with Gasteiger partial charge >= 0.3 is 0 Å². The van der Waals surface area contributed by atoms with Gasteiger partial charge in [0, 0.05) is 7.05 Å². The van der Waals surface area contributed by atoms with Crippen LogP contribution < -0.4 is 10.6 Å². The van der Waals surface area contributed by atoms with Crippen LogP contribution in [0.15, 0.2) is 24.3 Å². The lowest BCUT2D eigenvalue weighted by Crippen LogP contribution is -2.01. The zero-order valence-corrected chi connectivity index (χ0v) is 11.9. The van der Waals surface area contributed by atoms with Gasteiger partial charge in [-0.05, 0) is 30.7 Å². The Balaban J connectivity index is 2.37. The highest BCUT2D eigenvalue weighted by Gasteiger charge is 2.10. The van der Waals surface area contributed by atoms with Gasteiger partial charge in [0.05, 0.1) is 15.7 Å². The average molecular weight is 300 g/mol. The van der Waals surface area contributed by atoms with Crippen molar-refractivity contribution in [1.82, 2.24) is 4.98 Å². The number of hydrogen-bond donors (Lipinski definition) is 2. The summed E-state index contributed by atoms with van der Waals surface area (Å²) in [4.78, 5) is 4.20. The zero-order chi connectivity index (χ0) is 14.0. The van der Waals surface area contributed by atoms with Crippen LogP contribution in [0.1, 0.15) is 5.56 Å². The fourth-order valence-corrected chi connectivity index (χ4v) is 2.08. The molecule has 19 heavy (non-hydrogen) atoms. The van der Waals surface area contributed by atoms with Gasteiger partial charge in [-0.1, -0.05) is 29.3 Å². The van der Waals surface area contributed by atoms with E-state index in [1.54, 1.807) is 25.2 Å². The van der Waals surface area contributed by atoms with Crippen molar-refractivity contribution in [3.05, 3.63) is 45.7 Å². The van der Waals surface area contributed by atoms with Gasteiger partial charge in [-0.2, -0.15) is 0 Å². The standard InChI is InChI=1S/C13H12Cl2FN3/c1-7-3-4-11(10(16)5-7)18-13-9(15)6-8(14)12(17-2)19-13/h3-6H,1-2H3,(H2,17,18,19). The molecule has 0 radical (unpaired) electrons. The van der Waals surface area contributed by atoms with Crippen LogP contribution in [0, 0.1) is 12.7 Å². The van der Waals surface area contributed by atoms with Crippen LogP contribution in [0.25, 0.3) is 0 Å². The molecule has 2 N–H and O–H groups in total. The van der Waals surface area contributed by atoms with Crippen molar-refractivity contribution in [2.45, 2.75) is 6.92 Å². The Kier molecular flexibility index (Phi) is 4.12. The van der Waals surface area contributed by atoms with Crippen LogP contribution in [0.3, 0.4) is 0 Å². The first-order chi connectivity index (χ1) is 9.01. The highest BCUT2D eigenvalue weighted by Crippen LogP contribution is 2.31. The van der Waals surface area contributed by atoms with Crippen molar-refractivity contribution < 1.29 is 4.39 Å². The molecule has 1 aromatic carbocycles. The van der Waals surface area contributed by atoms with Crippen LogP contribution in [0.2, 0.25) is 10.0 Å². The monoisotopic (exact) mass is 299 g/mol. The van der Waals surface area contributed by atoms with Crippen molar-refractivity contribution in [2.75, 3.05) is 17.7 Å². The van der Waals surface area contributed by atoms with Gasteiger partial charge in [0.2, 0.25) is 0 Å². The van der Waals surface area contributed by atoms with Crippen molar-refractivity contribution in [3.8, 4) is 0 Å². The first-order valence-electron chi connectivity index (χ1n) is 5.58. The SMILES string of the molecule is CNc1nc(Nc2ccc(C)cc2F)c(Cl)cc1Cl. The molecule has 0 fully saturated rings. The maximum Gasteiger partial charge on any atom is 0.151 e. The van der Waals surface area contributed by atoms with Crippen LogP contribution in [-0.4, -0.2) is 12.0 Å². The summed E-state index contributed by atoms with van der Waals surface area (Å²) in [6, 6.07) is 6.42. The van der Waals surface area contributed by atoms with E-state index >= 15 is 0 Å². The molecule has 6 heteroatoms. The molecule has 0 unspecified atom stereocenters. The van der Waals surface area contributed by atoms with Crippen molar-refractivity contribution >= 4 is 40.5 Å². The lowest BCUT2D eigenvalue weighted by Gasteiger charge is -2.11.